The summed E-state index contributed by atoms with van der Waals surface area (Å²) in [6, 6.07) is 0. The fraction of sp³-hybridized carbons (Fsp3) is 0.818. The number of aliphatic hydroxyl groups excluding tert-OH is 3. The molecule has 0 bridgehead atoms. The van der Waals surface area contributed by atoms with Gasteiger partial charge in [0.2, 0.25) is 0 Å². The monoisotopic (exact) mass is 252 g/mol. The third-order valence-corrected chi connectivity index (χ3v) is 2.44. The van der Waals surface area contributed by atoms with E-state index in [4.69, 9.17) is 31.7 Å². The Morgan fingerprint density at radius 1 is 1.31 bits per heavy atom. The van der Waals surface area contributed by atoms with Gasteiger partial charge in [0.15, 0.2) is 0 Å². The maximum Gasteiger partial charge on any atom is 0.149 e. The van der Waals surface area contributed by atoms with E-state index in [0.29, 0.717) is 0 Å². The first-order chi connectivity index (χ1) is 7.67. The molecule has 4 nitrogen and oxygen atoms in total. The molecule has 0 fully saturated rings. The highest BCUT2D eigenvalue weighted by atomic mass is 35.5. The van der Waals surface area contributed by atoms with Gasteiger partial charge in [0, 0.05) is 5.88 Å². The molecule has 3 atom stereocenters. The van der Waals surface area contributed by atoms with Crippen LogP contribution in [0.1, 0.15) is 26.2 Å². The van der Waals surface area contributed by atoms with Crippen LogP contribution in [0.2, 0.25) is 0 Å². The molecule has 1 aliphatic heterocycles. The number of unbranched alkanes of at least 4 members (excludes halogenated alkanes) is 2. The summed E-state index contributed by atoms with van der Waals surface area (Å²) in [5.74, 6) is 0.827. The molecule has 0 aromatic heterocycles. The van der Waals surface area contributed by atoms with Crippen LogP contribution in [0.3, 0.4) is 0 Å². The van der Waals surface area contributed by atoms with Crippen molar-refractivity contribution in [2.75, 3.05) is 12.5 Å². The Hall–Kier alpha value is -0.290. The number of hydrogen-bond acceptors (Lipinski definition) is 4. The zero-order chi connectivity index (χ0) is 12.4. The third-order valence-electron chi connectivity index (χ3n) is 2.18. The number of alkyl halides is 1. The number of aliphatic hydroxyl groups is 3. The van der Waals surface area contributed by atoms with Crippen LogP contribution in [0.15, 0.2) is 12.3 Å². The van der Waals surface area contributed by atoms with Crippen LogP contribution in [-0.2, 0) is 4.74 Å². The van der Waals surface area contributed by atoms with Crippen LogP contribution in [0.25, 0.3) is 0 Å². The van der Waals surface area contributed by atoms with Crippen molar-refractivity contribution in [2.45, 2.75) is 44.5 Å². The summed E-state index contributed by atoms with van der Waals surface area (Å²) in [5, 5.41) is 26.6. The Morgan fingerprint density at radius 3 is 2.38 bits per heavy atom. The summed E-state index contributed by atoms with van der Waals surface area (Å²) in [4.78, 5) is 0. The zero-order valence-electron chi connectivity index (χ0n) is 9.55. The molecule has 3 N–H and O–H groups in total. The first kappa shape index (κ1) is 15.7. The van der Waals surface area contributed by atoms with Crippen molar-refractivity contribution in [1.29, 1.82) is 0 Å². The standard InChI is InChI=1S/C6H10O4.C5H11Cl/c7-3-5-6(9)4(8)1-2-10-5;1-2-3-4-5-6/h1-2,4-9H,3H2;2-5H2,1H3/t4-,5-,6+;/m1./s1. The molecule has 1 aliphatic rings. The van der Waals surface area contributed by atoms with Gasteiger partial charge in [-0.15, -0.1) is 11.6 Å². The molecule has 0 radical (unpaired) electrons. The van der Waals surface area contributed by atoms with Crippen LogP contribution >= 0.6 is 11.6 Å². The molecule has 0 spiro atoms. The minimum absolute atomic E-state index is 0.289. The number of ether oxygens (including phenoxy) is 1. The molecule has 0 aromatic carbocycles. The van der Waals surface area contributed by atoms with Crippen LogP contribution in [0.4, 0.5) is 0 Å². The predicted octanol–water partition coefficient (Wildman–Crippen LogP) is 1.03. The Morgan fingerprint density at radius 2 is 2.00 bits per heavy atom. The molecule has 16 heavy (non-hydrogen) atoms. The molecular weight excluding hydrogens is 232 g/mol. The second-order valence-corrected chi connectivity index (χ2v) is 3.94. The largest absolute Gasteiger partial charge is 0.493 e. The van der Waals surface area contributed by atoms with Crippen molar-refractivity contribution in [2.24, 2.45) is 0 Å². The molecule has 0 saturated carbocycles. The van der Waals surface area contributed by atoms with Crippen molar-refractivity contribution >= 4 is 11.6 Å². The summed E-state index contributed by atoms with van der Waals surface area (Å²) in [5.41, 5.74) is 0. The van der Waals surface area contributed by atoms with Gasteiger partial charge in [-0.2, -0.15) is 0 Å². The summed E-state index contributed by atoms with van der Waals surface area (Å²) in [7, 11) is 0. The van der Waals surface area contributed by atoms with Gasteiger partial charge < -0.3 is 20.1 Å². The lowest BCUT2D eigenvalue weighted by Gasteiger charge is -2.26. The molecule has 5 heteroatoms. The van der Waals surface area contributed by atoms with Gasteiger partial charge in [-0.3, -0.25) is 0 Å². The van der Waals surface area contributed by atoms with Gasteiger partial charge in [0.25, 0.3) is 0 Å². The van der Waals surface area contributed by atoms with Crippen LogP contribution in [-0.4, -0.2) is 46.1 Å². The minimum Gasteiger partial charge on any atom is -0.493 e. The minimum atomic E-state index is -1.02. The Kier molecular flexibility index (Phi) is 9.72. The third kappa shape index (κ3) is 6.33. The average molecular weight is 253 g/mol. The fourth-order valence-electron chi connectivity index (χ4n) is 1.14. The molecule has 1 rings (SSSR count). The zero-order valence-corrected chi connectivity index (χ0v) is 10.3. The van der Waals surface area contributed by atoms with E-state index in [1.807, 2.05) is 0 Å². The van der Waals surface area contributed by atoms with E-state index in [1.54, 1.807) is 0 Å². The van der Waals surface area contributed by atoms with Crippen LogP contribution in [0.5, 0.6) is 0 Å². The van der Waals surface area contributed by atoms with Gasteiger partial charge in [0.1, 0.15) is 18.3 Å². The van der Waals surface area contributed by atoms with E-state index in [2.05, 4.69) is 6.92 Å². The normalized spacial score (nSPS) is 27.9. The first-order valence-corrected chi connectivity index (χ1v) is 6.05. The second kappa shape index (κ2) is 9.90. The van der Waals surface area contributed by atoms with Gasteiger partial charge in [0.05, 0.1) is 12.9 Å². The van der Waals surface area contributed by atoms with Crippen LogP contribution in [0, 0.1) is 0 Å². The second-order valence-electron chi connectivity index (χ2n) is 3.56. The van der Waals surface area contributed by atoms with E-state index in [9.17, 15) is 0 Å². The van der Waals surface area contributed by atoms with E-state index in [-0.39, 0.29) is 6.61 Å². The van der Waals surface area contributed by atoms with Crippen molar-refractivity contribution < 1.29 is 20.1 Å². The smallest absolute Gasteiger partial charge is 0.149 e. The van der Waals surface area contributed by atoms with E-state index in [0.717, 1.165) is 5.88 Å². The highest BCUT2D eigenvalue weighted by molar-refractivity contribution is 6.17. The predicted molar refractivity (Wildman–Crippen MR) is 63.4 cm³/mol. The summed E-state index contributed by atoms with van der Waals surface area (Å²) in [6.07, 6.45) is 3.70. The van der Waals surface area contributed by atoms with Crippen molar-refractivity contribution in [3.63, 3.8) is 0 Å². The summed E-state index contributed by atoms with van der Waals surface area (Å²) < 4.78 is 4.77. The Bertz CT molecular complexity index is 183. The Balaban J connectivity index is 0.000000325. The van der Waals surface area contributed by atoms with Crippen molar-refractivity contribution in [1.82, 2.24) is 0 Å². The highest BCUT2D eigenvalue weighted by Crippen LogP contribution is 2.10. The average Bonchev–Trinajstić information content (AvgIpc) is 2.31. The Labute approximate surface area is 101 Å². The first-order valence-electron chi connectivity index (χ1n) is 5.52. The van der Waals surface area contributed by atoms with Gasteiger partial charge >= 0.3 is 0 Å². The number of halogens is 1. The van der Waals surface area contributed by atoms with Crippen molar-refractivity contribution in [3.8, 4) is 0 Å². The number of rotatable bonds is 4. The quantitative estimate of drug-likeness (QED) is 0.516. The maximum absolute atomic E-state index is 9.05. The molecule has 1 heterocycles. The molecule has 0 unspecified atom stereocenters. The molecular formula is C11H21ClO4. The lowest BCUT2D eigenvalue weighted by molar-refractivity contribution is -0.0808. The lowest BCUT2D eigenvalue weighted by Crippen LogP contribution is -2.42. The molecule has 96 valence electrons. The summed E-state index contributed by atoms with van der Waals surface area (Å²) in [6.45, 7) is 1.88. The van der Waals surface area contributed by atoms with E-state index < -0.39 is 18.3 Å². The lowest BCUT2D eigenvalue weighted by atomic mass is 10.1. The molecule has 0 aromatic rings. The number of hydrogen-bond donors (Lipinski definition) is 3. The molecule has 0 amide bonds. The van der Waals surface area contributed by atoms with E-state index in [1.165, 1.54) is 31.6 Å². The highest BCUT2D eigenvalue weighted by Gasteiger charge is 2.27. The topological polar surface area (TPSA) is 69.9 Å². The van der Waals surface area contributed by atoms with Crippen molar-refractivity contribution in [3.05, 3.63) is 12.3 Å². The van der Waals surface area contributed by atoms with E-state index >= 15 is 0 Å². The van der Waals surface area contributed by atoms with Gasteiger partial charge in [-0.05, 0) is 12.5 Å². The van der Waals surface area contributed by atoms with Gasteiger partial charge in [-0.1, -0.05) is 19.8 Å². The maximum atomic E-state index is 9.05. The van der Waals surface area contributed by atoms with Gasteiger partial charge in [-0.25, -0.2) is 0 Å². The summed E-state index contributed by atoms with van der Waals surface area (Å²) >= 11 is 5.38. The molecule has 0 aliphatic carbocycles. The fourth-order valence-corrected chi connectivity index (χ4v) is 1.33. The molecule has 0 saturated heterocycles. The SMILES string of the molecule is CCCCCCl.OC[C@H]1OC=C[C@@H](O)[C@@H]1O. The van der Waals surface area contributed by atoms with Crippen LogP contribution < -0.4 is 0 Å².